The topological polar surface area (TPSA) is 94.9 Å². The predicted molar refractivity (Wildman–Crippen MR) is 129 cm³/mol. The van der Waals surface area contributed by atoms with Gasteiger partial charge in [-0.25, -0.2) is 4.99 Å². The number of halogens is 1. The maximum atomic E-state index is 13.2. The molecule has 0 atom stereocenters. The van der Waals surface area contributed by atoms with Gasteiger partial charge in [0.1, 0.15) is 5.70 Å². The number of rotatable bonds is 6. The summed E-state index contributed by atoms with van der Waals surface area (Å²) < 4.78 is 5.08. The molecule has 9 nitrogen and oxygen atoms in total. The Morgan fingerprint density at radius 2 is 1.94 bits per heavy atom. The van der Waals surface area contributed by atoms with E-state index in [4.69, 9.17) is 16.1 Å². The normalized spacial score (nSPS) is 14.5. The van der Waals surface area contributed by atoms with Crippen LogP contribution in [0.2, 0.25) is 5.02 Å². The average molecular weight is 484 g/mol. The van der Waals surface area contributed by atoms with Crippen molar-refractivity contribution in [1.29, 1.82) is 0 Å². The minimum absolute atomic E-state index is 0.0114. The highest BCUT2D eigenvalue weighted by molar-refractivity contribution is 8.14. The van der Waals surface area contributed by atoms with Crippen molar-refractivity contribution < 1.29 is 18.9 Å². The lowest BCUT2D eigenvalue weighted by Gasteiger charge is -2.17. The summed E-state index contributed by atoms with van der Waals surface area (Å²) in [6.07, 6.45) is 3.18. The highest BCUT2D eigenvalue weighted by Gasteiger charge is 2.32. The Hall–Kier alpha value is -3.63. The van der Waals surface area contributed by atoms with Gasteiger partial charge in [-0.15, -0.1) is 0 Å². The highest BCUT2D eigenvalue weighted by atomic mass is 35.5. The number of para-hydroxylation sites is 1. The van der Waals surface area contributed by atoms with E-state index in [-0.39, 0.29) is 29.1 Å². The first-order chi connectivity index (χ1) is 15.9. The molecular formula is C22H20ClN6O3S+. The zero-order valence-corrected chi connectivity index (χ0v) is 19.4. The number of amides is 2. The van der Waals surface area contributed by atoms with Crippen LogP contribution in [-0.2, 0) is 9.59 Å². The largest absolute Gasteiger partial charge is 0.305 e. The van der Waals surface area contributed by atoms with Crippen LogP contribution >= 0.6 is 23.4 Å². The quantitative estimate of drug-likeness (QED) is 0.428. The second-order valence-electron chi connectivity index (χ2n) is 7.09. The molecule has 0 saturated heterocycles. The molecule has 2 aromatic carbocycles. The summed E-state index contributed by atoms with van der Waals surface area (Å²) in [4.78, 5) is 33.1. The van der Waals surface area contributed by atoms with Gasteiger partial charge in [-0.1, -0.05) is 59.8 Å². The lowest BCUT2D eigenvalue weighted by Crippen LogP contribution is -2.53. The zero-order chi connectivity index (χ0) is 23.4. The van der Waals surface area contributed by atoms with Gasteiger partial charge in [-0.05, 0) is 29.8 Å². The molecule has 0 radical (unpaired) electrons. The SMILES string of the molecule is CN(C)[n+]1cc(NC(=O)CSC2=N/C(=C/c3ccccc3Cl)C(=O)N2c2ccccc2)on1. The molecule has 1 aliphatic heterocycles. The second kappa shape index (κ2) is 9.88. The van der Waals surface area contributed by atoms with Crippen LogP contribution in [0.25, 0.3) is 6.08 Å². The van der Waals surface area contributed by atoms with E-state index in [1.54, 1.807) is 55.6 Å². The maximum absolute atomic E-state index is 13.2. The Morgan fingerprint density at radius 1 is 1.21 bits per heavy atom. The summed E-state index contributed by atoms with van der Waals surface area (Å²) in [5.74, 6) is -0.407. The third-order valence-corrected chi connectivity index (χ3v) is 5.78. The van der Waals surface area contributed by atoms with Gasteiger partial charge in [0.15, 0.2) is 5.17 Å². The summed E-state index contributed by atoms with van der Waals surface area (Å²) in [5, 5.41) is 9.00. The number of hydrogen-bond donors (Lipinski definition) is 1. The number of aliphatic imine (C=N–C) groups is 1. The molecule has 4 rings (SSSR count). The van der Waals surface area contributed by atoms with E-state index in [2.05, 4.69) is 15.6 Å². The minimum Gasteiger partial charge on any atom is -0.288 e. The molecule has 0 fully saturated rings. The number of amidine groups is 1. The molecule has 0 saturated carbocycles. The van der Waals surface area contributed by atoms with Crippen molar-refractivity contribution >= 4 is 58.0 Å². The number of carbonyl (C=O) groups excluding carboxylic acids is 2. The van der Waals surface area contributed by atoms with Crippen LogP contribution < -0.4 is 20.0 Å². The van der Waals surface area contributed by atoms with E-state index in [9.17, 15) is 9.59 Å². The Labute approximate surface area is 199 Å². The van der Waals surface area contributed by atoms with Crippen molar-refractivity contribution in [3.05, 3.63) is 77.1 Å². The molecule has 2 heterocycles. The molecule has 2 amide bonds. The molecule has 0 aliphatic carbocycles. The summed E-state index contributed by atoms with van der Waals surface area (Å²) in [7, 11) is 3.57. The van der Waals surface area contributed by atoms with Gasteiger partial charge in [0.2, 0.25) is 11.2 Å². The fraction of sp³-hybridized carbons (Fsp3) is 0.136. The monoisotopic (exact) mass is 483 g/mol. The first-order valence-electron chi connectivity index (χ1n) is 9.86. The minimum atomic E-state index is -0.325. The molecule has 1 aliphatic rings. The number of thioether (sulfide) groups is 1. The average Bonchev–Trinajstić information content (AvgIpc) is 3.39. The lowest BCUT2D eigenvalue weighted by molar-refractivity contribution is -0.753. The molecule has 3 aromatic rings. The molecule has 33 heavy (non-hydrogen) atoms. The molecule has 11 heteroatoms. The van der Waals surface area contributed by atoms with Crippen LogP contribution in [0.3, 0.4) is 0 Å². The van der Waals surface area contributed by atoms with Gasteiger partial charge in [0.25, 0.3) is 12.1 Å². The number of carbonyl (C=O) groups is 2. The smallest absolute Gasteiger partial charge is 0.288 e. The van der Waals surface area contributed by atoms with Crippen molar-refractivity contribution in [1.82, 2.24) is 5.27 Å². The number of aromatic nitrogens is 2. The standard InChI is InChI=1S/C22H19ClN6O3S/c1-27(2)28-13-20(32-26-28)25-19(30)14-33-22-24-18(12-15-8-6-7-11-17(15)23)21(31)29(22)16-9-4-3-5-10-16/h3-13H,14H2,1-2H3/p+1/b18-12+. The van der Waals surface area contributed by atoms with E-state index in [0.29, 0.717) is 21.4 Å². The van der Waals surface area contributed by atoms with Gasteiger partial charge in [-0.3, -0.25) is 24.3 Å². The van der Waals surface area contributed by atoms with E-state index < -0.39 is 0 Å². The Kier molecular flexibility index (Phi) is 6.76. The number of nitrogens with one attached hydrogen (secondary N) is 1. The fourth-order valence-electron chi connectivity index (χ4n) is 2.92. The van der Waals surface area contributed by atoms with E-state index in [1.807, 2.05) is 30.3 Å². The lowest BCUT2D eigenvalue weighted by atomic mass is 10.2. The number of anilines is 2. The number of benzene rings is 2. The van der Waals surface area contributed by atoms with Crippen molar-refractivity contribution in [2.24, 2.45) is 4.99 Å². The number of hydrogen-bond acceptors (Lipinski definition) is 7. The van der Waals surface area contributed by atoms with Crippen LogP contribution in [0.4, 0.5) is 11.6 Å². The van der Waals surface area contributed by atoms with Crippen molar-refractivity contribution in [3.8, 4) is 0 Å². The van der Waals surface area contributed by atoms with Crippen LogP contribution in [0.5, 0.6) is 0 Å². The molecule has 168 valence electrons. The molecule has 1 N–H and O–H groups in total. The zero-order valence-electron chi connectivity index (χ0n) is 17.8. The maximum Gasteiger partial charge on any atom is 0.305 e. The van der Waals surface area contributed by atoms with E-state index in [1.165, 1.54) is 9.69 Å². The Balaban J connectivity index is 1.54. The molecule has 0 unspecified atom stereocenters. The third kappa shape index (κ3) is 5.24. The number of nitrogens with zero attached hydrogens (tertiary/aromatic N) is 5. The summed E-state index contributed by atoms with van der Waals surface area (Å²) in [6.45, 7) is 0. The predicted octanol–water partition coefficient (Wildman–Crippen LogP) is 2.93. The van der Waals surface area contributed by atoms with Gasteiger partial charge in [-0.2, -0.15) is 5.01 Å². The molecule has 0 spiro atoms. The van der Waals surface area contributed by atoms with Crippen LogP contribution in [0, 0.1) is 0 Å². The molecule has 1 aromatic heterocycles. The van der Waals surface area contributed by atoms with Gasteiger partial charge in [0.05, 0.1) is 30.3 Å². The fourth-order valence-corrected chi connectivity index (χ4v) is 3.93. The third-order valence-electron chi connectivity index (χ3n) is 4.50. The van der Waals surface area contributed by atoms with E-state index in [0.717, 1.165) is 11.8 Å². The first kappa shape index (κ1) is 22.6. The van der Waals surface area contributed by atoms with Crippen molar-refractivity contribution in [2.75, 3.05) is 35.1 Å². The van der Waals surface area contributed by atoms with Crippen LogP contribution in [0.15, 0.2) is 76.0 Å². The summed E-state index contributed by atoms with van der Waals surface area (Å²) in [5.41, 5.74) is 1.57. The van der Waals surface area contributed by atoms with E-state index >= 15 is 0 Å². The molecule has 0 bridgehead atoms. The van der Waals surface area contributed by atoms with Gasteiger partial charge < -0.3 is 0 Å². The first-order valence-corrected chi connectivity index (χ1v) is 11.2. The van der Waals surface area contributed by atoms with Crippen molar-refractivity contribution in [2.45, 2.75) is 0 Å². The van der Waals surface area contributed by atoms with Gasteiger partial charge in [0, 0.05) is 5.02 Å². The Morgan fingerprint density at radius 3 is 2.64 bits per heavy atom. The molecular weight excluding hydrogens is 464 g/mol. The second-order valence-corrected chi connectivity index (χ2v) is 8.44. The highest BCUT2D eigenvalue weighted by Crippen LogP contribution is 2.30. The van der Waals surface area contributed by atoms with Gasteiger partial charge >= 0.3 is 5.88 Å². The Bertz CT molecular complexity index is 1240. The summed E-state index contributed by atoms with van der Waals surface area (Å²) in [6, 6.07) is 16.3. The summed E-state index contributed by atoms with van der Waals surface area (Å²) >= 11 is 7.39. The van der Waals surface area contributed by atoms with Crippen LogP contribution in [-0.4, -0.2) is 42.1 Å². The van der Waals surface area contributed by atoms with Crippen LogP contribution in [0.1, 0.15) is 5.56 Å². The van der Waals surface area contributed by atoms with Crippen molar-refractivity contribution in [3.63, 3.8) is 0 Å².